The summed E-state index contributed by atoms with van der Waals surface area (Å²) in [7, 11) is 4.57. The average Bonchev–Trinajstić information content (AvgIpc) is 2.42. The topological polar surface area (TPSA) is 3.24 Å². The first-order chi connectivity index (χ1) is 10.3. The van der Waals surface area contributed by atoms with E-state index < -0.39 is 0 Å². The lowest BCUT2D eigenvalue weighted by Gasteiger charge is -2.25. The second kappa shape index (κ2) is 10.8. The molecule has 1 atom stereocenters. The van der Waals surface area contributed by atoms with Crippen molar-refractivity contribution in [1.29, 1.82) is 0 Å². The molecule has 0 amide bonds. The Balaban J connectivity index is 0.00000211. The van der Waals surface area contributed by atoms with Crippen molar-refractivity contribution in [1.82, 2.24) is 4.90 Å². The lowest BCUT2D eigenvalue weighted by molar-refractivity contribution is 0.465. The molecule has 0 aliphatic carbocycles. The molecule has 0 fully saturated rings. The second-order valence-corrected chi connectivity index (χ2v) is 6.65. The number of hydrogen-bond acceptors (Lipinski definition) is 1. The Morgan fingerprint density at radius 1 is 1.41 bits per heavy atom. The Bertz CT molecular complexity index is 458. The molecule has 1 rings (SSSR count). The van der Waals surface area contributed by atoms with Crippen LogP contribution in [0.15, 0.2) is 46.7 Å². The largest absolute Gasteiger partial charge is 0.374 e. The fourth-order valence-corrected chi connectivity index (χ4v) is 3.18. The van der Waals surface area contributed by atoms with Crippen molar-refractivity contribution < 1.29 is 4.39 Å². The molecule has 1 unspecified atom stereocenters. The van der Waals surface area contributed by atoms with E-state index in [0.29, 0.717) is 5.92 Å². The van der Waals surface area contributed by atoms with Crippen LogP contribution in [0.2, 0.25) is 0 Å². The Morgan fingerprint density at radius 2 is 2.00 bits per heavy atom. The highest BCUT2D eigenvalue weighted by Gasteiger charge is 2.19. The van der Waals surface area contributed by atoms with Crippen molar-refractivity contribution in [2.75, 3.05) is 13.6 Å². The van der Waals surface area contributed by atoms with Crippen molar-refractivity contribution in [2.45, 2.75) is 53.9 Å². The van der Waals surface area contributed by atoms with Gasteiger partial charge in [0.15, 0.2) is 0 Å². The standard InChI is InChI=1S/C17H27FNP.C2H6/c1-6-14(8-7-13(4)9-12(2)3)17-15(18)10-19(5)11-16(17)20;1-2/h6,10,12H,4,7-9,11,20H2,1-3,5H3;1-2H3/b14-6+;. The van der Waals surface area contributed by atoms with Crippen LogP contribution in [0.1, 0.15) is 53.9 Å². The first-order valence-electron chi connectivity index (χ1n) is 8.23. The maximum atomic E-state index is 14.2. The Hall–Kier alpha value is -0.880. The van der Waals surface area contributed by atoms with Gasteiger partial charge >= 0.3 is 0 Å². The maximum absolute atomic E-state index is 14.2. The smallest absolute Gasteiger partial charge is 0.146 e. The van der Waals surface area contributed by atoms with Crippen molar-refractivity contribution in [2.24, 2.45) is 5.92 Å². The molecule has 0 spiro atoms. The summed E-state index contributed by atoms with van der Waals surface area (Å²) in [6.45, 7) is 15.3. The summed E-state index contributed by atoms with van der Waals surface area (Å²) >= 11 is 0. The van der Waals surface area contributed by atoms with Crippen LogP contribution in [0.25, 0.3) is 0 Å². The minimum atomic E-state index is -0.133. The van der Waals surface area contributed by atoms with Gasteiger partial charge < -0.3 is 4.90 Å². The van der Waals surface area contributed by atoms with Crippen LogP contribution in [0.3, 0.4) is 0 Å². The Labute approximate surface area is 139 Å². The third-order valence-electron chi connectivity index (χ3n) is 3.43. The normalized spacial score (nSPS) is 15.6. The van der Waals surface area contributed by atoms with Crippen LogP contribution in [-0.2, 0) is 0 Å². The van der Waals surface area contributed by atoms with Crippen molar-refractivity contribution >= 4 is 9.24 Å². The summed E-state index contributed by atoms with van der Waals surface area (Å²) in [6, 6.07) is 0. The zero-order valence-electron chi connectivity index (χ0n) is 15.2. The van der Waals surface area contributed by atoms with E-state index in [0.717, 1.165) is 42.3 Å². The number of halogens is 1. The van der Waals surface area contributed by atoms with E-state index in [9.17, 15) is 4.39 Å². The minimum absolute atomic E-state index is 0.133. The fourth-order valence-electron chi connectivity index (χ4n) is 2.57. The van der Waals surface area contributed by atoms with Gasteiger partial charge in [-0.15, -0.1) is 9.24 Å². The molecule has 0 radical (unpaired) electrons. The van der Waals surface area contributed by atoms with Gasteiger partial charge in [0.2, 0.25) is 0 Å². The lowest BCUT2D eigenvalue weighted by atomic mass is 9.93. The van der Waals surface area contributed by atoms with Crippen LogP contribution in [-0.4, -0.2) is 18.5 Å². The zero-order valence-corrected chi connectivity index (χ0v) is 16.3. The molecule has 0 aromatic rings. The molecule has 0 aromatic carbocycles. The van der Waals surface area contributed by atoms with E-state index in [1.54, 1.807) is 6.20 Å². The highest BCUT2D eigenvalue weighted by Crippen LogP contribution is 2.34. The highest BCUT2D eigenvalue weighted by molar-refractivity contribution is 7.22. The zero-order chi connectivity index (χ0) is 17.3. The number of allylic oxidation sites excluding steroid dienone is 5. The third kappa shape index (κ3) is 6.92. The Kier molecular flexibility index (Phi) is 10.3. The van der Waals surface area contributed by atoms with Gasteiger partial charge in [0.25, 0.3) is 0 Å². The molecule has 0 aromatic heterocycles. The van der Waals surface area contributed by atoms with Gasteiger partial charge in [-0.3, -0.25) is 0 Å². The molecule has 0 saturated heterocycles. The van der Waals surface area contributed by atoms with Crippen LogP contribution in [0.4, 0.5) is 4.39 Å². The molecule has 3 heteroatoms. The monoisotopic (exact) mass is 325 g/mol. The summed E-state index contributed by atoms with van der Waals surface area (Å²) in [5.74, 6) is 0.499. The molecule has 1 nitrogen and oxygen atoms in total. The van der Waals surface area contributed by atoms with Crippen molar-refractivity contribution in [3.8, 4) is 0 Å². The van der Waals surface area contributed by atoms with E-state index in [4.69, 9.17) is 0 Å². The second-order valence-electron chi connectivity index (χ2n) is 5.95. The summed E-state index contributed by atoms with van der Waals surface area (Å²) in [5.41, 5.74) is 3.11. The molecule has 0 bridgehead atoms. The summed E-state index contributed by atoms with van der Waals surface area (Å²) in [5, 5.41) is 1.02. The van der Waals surface area contributed by atoms with Crippen molar-refractivity contribution in [3.63, 3.8) is 0 Å². The molecule has 1 heterocycles. The lowest BCUT2D eigenvalue weighted by Crippen LogP contribution is -2.19. The van der Waals surface area contributed by atoms with Gasteiger partial charge in [-0.2, -0.15) is 0 Å². The average molecular weight is 325 g/mol. The van der Waals surface area contributed by atoms with E-state index in [2.05, 4.69) is 29.7 Å². The molecule has 126 valence electrons. The van der Waals surface area contributed by atoms with Crippen LogP contribution < -0.4 is 0 Å². The quantitative estimate of drug-likeness (QED) is 0.413. The van der Waals surface area contributed by atoms with Crippen LogP contribution >= 0.6 is 9.24 Å². The molecular formula is C19H33FNP. The van der Waals surface area contributed by atoms with E-state index >= 15 is 0 Å². The molecular weight excluding hydrogens is 292 g/mol. The van der Waals surface area contributed by atoms with Crippen LogP contribution in [0, 0.1) is 5.92 Å². The molecule has 1 aliphatic rings. The van der Waals surface area contributed by atoms with E-state index in [-0.39, 0.29) is 5.83 Å². The predicted molar refractivity (Wildman–Crippen MR) is 101 cm³/mol. The number of rotatable bonds is 6. The van der Waals surface area contributed by atoms with E-state index in [1.165, 1.54) is 5.57 Å². The van der Waals surface area contributed by atoms with Gasteiger partial charge in [0, 0.05) is 25.4 Å². The highest BCUT2D eigenvalue weighted by atomic mass is 31.0. The number of nitrogens with zero attached hydrogens (tertiary/aromatic N) is 1. The molecule has 22 heavy (non-hydrogen) atoms. The number of likely N-dealkylation sites (N-methyl/N-ethyl adjacent to an activating group) is 1. The van der Waals surface area contributed by atoms with Crippen molar-refractivity contribution in [3.05, 3.63) is 46.7 Å². The third-order valence-corrected chi connectivity index (χ3v) is 3.90. The molecule has 0 N–H and O–H groups in total. The number of hydrogen-bond donors (Lipinski definition) is 0. The van der Waals surface area contributed by atoms with Gasteiger partial charge in [0.1, 0.15) is 5.83 Å². The Morgan fingerprint density at radius 3 is 2.45 bits per heavy atom. The summed E-state index contributed by atoms with van der Waals surface area (Å²) in [6.07, 6.45) is 6.45. The van der Waals surface area contributed by atoms with E-state index in [1.807, 2.05) is 38.8 Å². The first kappa shape index (κ1) is 21.1. The first-order valence-corrected chi connectivity index (χ1v) is 8.81. The molecule has 0 saturated carbocycles. The maximum Gasteiger partial charge on any atom is 0.146 e. The predicted octanol–water partition coefficient (Wildman–Crippen LogP) is 6.23. The molecule has 1 aliphatic heterocycles. The van der Waals surface area contributed by atoms with Gasteiger partial charge in [-0.05, 0) is 43.0 Å². The minimum Gasteiger partial charge on any atom is -0.374 e. The van der Waals surface area contributed by atoms with Gasteiger partial charge in [-0.25, -0.2) is 4.39 Å². The van der Waals surface area contributed by atoms with Gasteiger partial charge in [0.05, 0.1) is 0 Å². The SMILES string of the molecule is C=C(CC/C(=C\C)C1=C(P)CN(C)C=C1F)CC(C)C.CC. The fraction of sp³-hybridized carbons (Fsp3) is 0.579. The summed E-state index contributed by atoms with van der Waals surface area (Å²) < 4.78 is 14.2. The summed E-state index contributed by atoms with van der Waals surface area (Å²) in [4.78, 5) is 1.87. The van der Waals surface area contributed by atoms with Gasteiger partial charge in [-0.1, -0.05) is 45.9 Å². The van der Waals surface area contributed by atoms with Crippen LogP contribution in [0.5, 0.6) is 0 Å².